The van der Waals surface area contributed by atoms with Crippen molar-refractivity contribution < 1.29 is 14.3 Å². The summed E-state index contributed by atoms with van der Waals surface area (Å²) in [5.41, 5.74) is 2.67. The summed E-state index contributed by atoms with van der Waals surface area (Å²) in [6, 6.07) is 5.79. The first kappa shape index (κ1) is 10.0. The van der Waals surface area contributed by atoms with Gasteiger partial charge < -0.3 is 9.47 Å². The molecule has 1 aliphatic rings. The van der Waals surface area contributed by atoms with Crippen molar-refractivity contribution in [2.75, 3.05) is 7.11 Å². The van der Waals surface area contributed by atoms with Crippen molar-refractivity contribution in [1.29, 1.82) is 0 Å². The first-order valence-electron chi connectivity index (χ1n) is 5.17. The Kier molecular flexibility index (Phi) is 2.90. The van der Waals surface area contributed by atoms with E-state index in [2.05, 4.69) is 4.74 Å². The minimum absolute atomic E-state index is 0.572. The third-order valence-corrected chi connectivity index (χ3v) is 2.69. The second-order valence-electron chi connectivity index (χ2n) is 3.69. The topological polar surface area (TPSA) is 35.5 Å². The van der Waals surface area contributed by atoms with Crippen molar-refractivity contribution in [3.8, 4) is 5.75 Å². The highest BCUT2D eigenvalue weighted by Crippen LogP contribution is 2.25. The van der Waals surface area contributed by atoms with Gasteiger partial charge in [0.25, 0.3) is 0 Å². The molecule has 0 spiro atoms. The molecular formula is C12H14O3. The van der Waals surface area contributed by atoms with Gasteiger partial charge in [-0.3, -0.25) is 0 Å². The van der Waals surface area contributed by atoms with Gasteiger partial charge >= 0.3 is 6.16 Å². The fourth-order valence-corrected chi connectivity index (χ4v) is 1.91. The molecule has 3 heteroatoms. The lowest BCUT2D eigenvalue weighted by atomic mass is 9.92. The van der Waals surface area contributed by atoms with Gasteiger partial charge in [-0.2, -0.15) is 0 Å². The summed E-state index contributed by atoms with van der Waals surface area (Å²) < 4.78 is 9.41. The van der Waals surface area contributed by atoms with Crippen LogP contribution in [0.15, 0.2) is 18.2 Å². The second kappa shape index (κ2) is 4.34. The van der Waals surface area contributed by atoms with Crippen LogP contribution in [0.4, 0.5) is 4.79 Å². The monoisotopic (exact) mass is 206 g/mol. The van der Waals surface area contributed by atoms with Crippen molar-refractivity contribution in [2.24, 2.45) is 0 Å². The number of ether oxygens (including phenoxy) is 2. The van der Waals surface area contributed by atoms with E-state index in [-0.39, 0.29) is 0 Å². The van der Waals surface area contributed by atoms with Crippen LogP contribution in [-0.2, 0) is 17.6 Å². The molecule has 1 aromatic carbocycles. The molecule has 3 nitrogen and oxygen atoms in total. The smallest absolute Gasteiger partial charge is 0.437 e. The molecule has 0 radical (unpaired) electrons. The maximum atomic E-state index is 10.9. The standard InChI is InChI=1S/C12H14O3/c1-14-12(13)15-11-7-6-9-4-2-3-5-10(9)8-11/h6-8H,2-5H2,1H3. The lowest BCUT2D eigenvalue weighted by molar-refractivity contribution is 0.121. The van der Waals surface area contributed by atoms with E-state index in [1.54, 1.807) is 0 Å². The molecule has 80 valence electrons. The zero-order valence-corrected chi connectivity index (χ0v) is 8.79. The first-order valence-corrected chi connectivity index (χ1v) is 5.17. The number of hydrogen-bond donors (Lipinski definition) is 0. The Morgan fingerprint density at radius 2 is 1.93 bits per heavy atom. The Labute approximate surface area is 89.0 Å². The summed E-state index contributed by atoms with van der Waals surface area (Å²) in [7, 11) is 1.31. The Balaban J connectivity index is 2.17. The summed E-state index contributed by atoms with van der Waals surface area (Å²) >= 11 is 0. The van der Waals surface area contributed by atoms with E-state index in [1.807, 2.05) is 18.2 Å². The van der Waals surface area contributed by atoms with E-state index in [0.29, 0.717) is 5.75 Å². The van der Waals surface area contributed by atoms with Gasteiger partial charge in [0.05, 0.1) is 7.11 Å². The van der Waals surface area contributed by atoms with Gasteiger partial charge in [-0.05, 0) is 48.9 Å². The van der Waals surface area contributed by atoms with E-state index in [1.165, 1.54) is 31.1 Å². The molecule has 0 bridgehead atoms. The molecule has 0 saturated carbocycles. The number of carbonyl (C=O) groups is 1. The SMILES string of the molecule is COC(=O)Oc1ccc2c(c1)CCCC2. The number of rotatable bonds is 1. The molecule has 0 aliphatic heterocycles. The van der Waals surface area contributed by atoms with Gasteiger partial charge in [-0.1, -0.05) is 6.07 Å². The van der Waals surface area contributed by atoms with Crippen molar-refractivity contribution in [2.45, 2.75) is 25.7 Å². The zero-order chi connectivity index (χ0) is 10.7. The Hall–Kier alpha value is -1.51. The summed E-state index contributed by atoms with van der Waals surface area (Å²) in [5.74, 6) is 0.572. The number of methoxy groups -OCH3 is 1. The summed E-state index contributed by atoms with van der Waals surface area (Å²) in [6.45, 7) is 0. The number of fused-ring (bicyclic) bond motifs is 1. The van der Waals surface area contributed by atoms with Gasteiger partial charge in [0.2, 0.25) is 0 Å². The van der Waals surface area contributed by atoms with Gasteiger partial charge in [0.1, 0.15) is 5.75 Å². The van der Waals surface area contributed by atoms with Crippen LogP contribution in [0.1, 0.15) is 24.0 Å². The zero-order valence-electron chi connectivity index (χ0n) is 8.79. The van der Waals surface area contributed by atoms with E-state index in [4.69, 9.17) is 4.74 Å². The Morgan fingerprint density at radius 3 is 2.67 bits per heavy atom. The summed E-state index contributed by atoms with van der Waals surface area (Å²) in [5, 5.41) is 0. The van der Waals surface area contributed by atoms with Crippen LogP contribution in [0.25, 0.3) is 0 Å². The largest absolute Gasteiger partial charge is 0.513 e. The van der Waals surface area contributed by atoms with Crippen LogP contribution < -0.4 is 4.74 Å². The van der Waals surface area contributed by atoms with Gasteiger partial charge in [-0.25, -0.2) is 4.79 Å². The van der Waals surface area contributed by atoms with Crippen molar-refractivity contribution in [1.82, 2.24) is 0 Å². The number of benzene rings is 1. The first-order chi connectivity index (χ1) is 7.29. The third kappa shape index (κ3) is 2.29. The van der Waals surface area contributed by atoms with Crippen LogP contribution in [0, 0.1) is 0 Å². The molecular weight excluding hydrogens is 192 g/mol. The fraction of sp³-hybridized carbons (Fsp3) is 0.417. The summed E-state index contributed by atoms with van der Waals surface area (Å²) in [4.78, 5) is 10.9. The van der Waals surface area contributed by atoms with Crippen LogP contribution >= 0.6 is 0 Å². The normalized spacial score (nSPS) is 14.2. The van der Waals surface area contributed by atoms with E-state index in [9.17, 15) is 4.79 Å². The average Bonchev–Trinajstić information content (AvgIpc) is 2.29. The van der Waals surface area contributed by atoms with E-state index < -0.39 is 6.16 Å². The molecule has 1 aromatic rings. The highest BCUT2D eigenvalue weighted by atomic mass is 16.7. The molecule has 0 heterocycles. The molecule has 15 heavy (non-hydrogen) atoms. The number of hydrogen-bond acceptors (Lipinski definition) is 3. The van der Waals surface area contributed by atoms with Crippen molar-refractivity contribution in [3.63, 3.8) is 0 Å². The minimum atomic E-state index is -0.661. The van der Waals surface area contributed by atoms with Crippen LogP contribution in [-0.4, -0.2) is 13.3 Å². The molecule has 2 rings (SSSR count). The molecule has 0 saturated heterocycles. The average molecular weight is 206 g/mol. The molecule has 1 aliphatic carbocycles. The Morgan fingerprint density at radius 1 is 1.20 bits per heavy atom. The van der Waals surface area contributed by atoms with Gasteiger partial charge in [0.15, 0.2) is 0 Å². The maximum absolute atomic E-state index is 10.9. The van der Waals surface area contributed by atoms with E-state index >= 15 is 0 Å². The molecule has 0 N–H and O–H groups in total. The molecule has 0 fully saturated rings. The fourth-order valence-electron chi connectivity index (χ4n) is 1.91. The Bertz CT molecular complexity index is 371. The van der Waals surface area contributed by atoms with Gasteiger partial charge in [0, 0.05) is 0 Å². The minimum Gasteiger partial charge on any atom is -0.437 e. The highest BCUT2D eigenvalue weighted by molar-refractivity contribution is 5.63. The quantitative estimate of drug-likeness (QED) is 0.523. The van der Waals surface area contributed by atoms with Crippen molar-refractivity contribution in [3.05, 3.63) is 29.3 Å². The van der Waals surface area contributed by atoms with Gasteiger partial charge in [-0.15, -0.1) is 0 Å². The number of aryl methyl sites for hydroxylation is 2. The van der Waals surface area contributed by atoms with Crippen molar-refractivity contribution >= 4 is 6.16 Å². The van der Waals surface area contributed by atoms with Crippen LogP contribution in [0.5, 0.6) is 5.75 Å². The highest BCUT2D eigenvalue weighted by Gasteiger charge is 2.11. The summed E-state index contributed by atoms with van der Waals surface area (Å²) in [6.07, 6.45) is 4.02. The predicted octanol–water partition coefficient (Wildman–Crippen LogP) is 2.71. The molecule has 0 aromatic heterocycles. The maximum Gasteiger partial charge on any atom is 0.513 e. The molecule has 0 amide bonds. The third-order valence-electron chi connectivity index (χ3n) is 2.69. The van der Waals surface area contributed by atoms with E-state index in [0.717, 1.165) is 12.8 Å². The predicted molar refractivity (Wildman–Crippen MR) is 56.1 cm³/mol. The molecule has 0 unspecified atom stereocenters. The van der Waals surface area contributed by atoms with Crippen LogP contribution in [0.2, 0.25) is 0 Å². The number of carbonyl (C=O) groups excluding carboxylic acids is 1. The lowest BCUT2D eigenvalue weighted by Crippen LogP contribution is -2.09. The lowest BCUT2D eigenvalue weighted by Gasteiger charge is -2.15. The second-order valence-corrected chi connectivity index (χ2v) is 3.69. The molecule has 0 atom stereocenters. The van der Waals surface area contributed by atoms with Crippen LogP contribution in [0.3, 0.4) is 0 Å².